The zero-order valence-electron chi connectivity index (χ0n) is 14.1. The lowest BCUT2D eigenvalue weighted by Crippen LogP contribution is -2.40. The quantitative estimate of drug-likeness (QED) is 0.846. The van der Waals surface area contributed by atoms with Crippen molar-refractivity contribution in [2.75, 3.05) is 13.6 Å². The Kier molecular flexibility index (Phi) is 6.01. The Bertz CT molecular complexity index is 679. The average molecular weight is 330 g/mol. The number of para-hydroxylation sites is 1. The van der Waals surface area contributed by atoms with E-state index < -0.39 is 0 Å². The number of nitrogens with zero attached hydrogens (tertiary/aromatic N) is 1. The smallest absolute Gasteiger partial charge is 0.289 e. The molecule has 6 heteroatoms. The van der Waals surface area contributed by atoms with Crippen molar-refractivity contribution in [2.24, 2.45) is 0 Å². The van der Waals surface area contributed by atoms with Crippen molar-refractivity contribution in [1.82, 2.24) is 10.2 Å². The maximum Gasteiger partial charge on any atom is 0.289 e. The zero-order valence-corrected chi connectivity index (χ0v) is 14.1. The minimum absolute atomic E-state index is 0.0203. The number of likely N-dealkylation sites (N-methyl/N-ethyl adjacent to an activating group) is 1. The second-order valence-electron chi connectivity index (χ2n) is 5.75. The molecule has 0 saturated heterocycles. The molecular formula is C18H22N2O4. The third kappa shape index (κ3) is 5.15. The first kappa shape index (κ1) is 17.6. The molecule has 6 nitrogen and oxygen atoms in total. The Morgan fingerprint density at radius 1 is 1.17 bits per heavy atom. The summed E-state index contributed by atoms with van der Waals surface area (Å²) >= 11 is 0. The number of carbonyl (C=O) groups is 2. The minimum atomic E-state index is -0.347. The fourth-order valence-electron chi connectivity index (χ4n) is 2.08. The number of nitrogens with one attached hydrogen (secondary N) is 1. The van der Waals surface area contributed by atoms with Crippen molar-refractivity contribution in [2.45, 2.75) is 26.5 Å². The fraction of sp³-hybridized carbons (Fsp3) is 0.333. The number of carbonyl (C=O) groups excluding carboxylic acids is 2. The molecule has 1 aromatic carbocycles. The van der Waals surface area contributed by atoms with E-state index >= 15 is 0 Å². The molecule has 1 aromatic heterocycles. The predicted octanol–water partition coefficient (Wildman–Crippen LogP) is 2.46. The van der Waals surface area contributed by atoms with Gasteiger partial charge in [0.2, 0.25) is 5.91 Å². The van der Waals surface area contributed by atoms with Gasteiger partial charge in [0, 0.05) is 13.1 Å². The third-order valence-electron chi connectivity index (χ3n) is 3.17. The lowest BCUT2D eigenvalue weighted by molar-refractivity contribution is -0.122. The number of ether oxygens (including phenoxy) is 1. The van der Waals surface area contributed by atoms with Gasteiger partial charge in [-0.05, 0) is 38.1 Å². The molecule has 0 radical (unpaired) electrons. The maximum atomic E-state index is 12.3. The molecule has 2 aromatic rings. The van der Waals surface area contributed by atoms with Crippen LogP contribution < -0.4 is 10.1 Å². The number of rotatable bonds is 7. The summed E-state index contributed by atoms with van der Waals surface area (Å²) in [6, 6.07) is 12.7. The normalized spacial score (nSPS) is 10.5. The number of hydrogen-bond acceptors (Lipinski definition) is 4. The topological polar surface area (TPSA) is 71.8 Å². The maximum absolute atomic E-state index is 12.3. The van der Waals surface area contributed by atoms with Crippen molar-refractivity contribution in [3.63, 3.8) is 0 Å². The van der Waals surface area contributed by atoms with E-state index in [1.165, 1.54) is 4.90 Å². The van der Waals surface area contributed by atoms with Crippen LogP contribution in [0.4, 0.5) is 0 Å². The van der Waals surface area contributed by atoms with Crippen LogP contribution in [-0.4, -0.2) is 36.3 Å². The summed E-state index contributed by atoms with van der Waals surface area (Å²) in [5, 5.41) is 2.74. The van der Waals surface area contributed by atoms with Crippen LogP contribution in [0.5, 0.6) is 5.75 Å². The number of amides is 2. The first-order valence-electron chi connectivity index (χ1n) is 7.77. The summed E-state index contributed by atoms with van der Waals surface area (Å²) < 4.78 is 11.1. The molecule has 0 saturated carbocycles. The van der Waals surface area contributed by atoms with Crippen molar-refractivity contribution in [1.29, 1.82) is 0 Å². The lowest BCUT2D eigenvalue weighted by atomic mass is 10.3. The molecule has 128 valence electrons. The van der Waals surface area contributed by atoms with Crippen LogP contribution in [0, 0.1) is 0 Å². The van der Waals surface area contributed by atoms with E-state index in [1.54, 1.807) is 19.2 Å². The van der Waals surface area contributed by atoms with Gasteiger partial charge in [-0.25, -0.2) is 0 Å². The van der Waals surface area contributed by atoms with Gasteiger partial charge in [-0.2, -0.15) is 0 Å². The highest BCUT2D eigenvalue weighted by Gasteiger charge is 2.18. The van der Waals surface area contributed by atoms with Crippen LogP contribution in [0.1, 0.15) is 30.2 Å². The SMILES string of the molecule is CC(C)NC(=O)CN(C)C(=O)c1ccc(COc2ccccc2)o1. The molecule has 0 aliphatic rings. The Morgan fingerprint density at radius 2 is 1.88 bits per heavy atom. The highest BCUT2D eigenvalue weighted by molar-refractivity contribution is 5.94. The molecular weight excluding hydrogens is 308 g/mol. The summed E-state index contributed by atoms with van der Waals surface area (Å²) in [6.07, 6.45) is 0. The molecule has 0 fully saturated rings. The monoisotopic (exact) mass is 330 g/mol. The molecule has 2 amide bonds. The summed E-state index contributed by atoms with van der Waals surface area (Å²) in [4.78, 5) is 25.3. The number of furan rings is 1. The fourth-order valence-corrected chi connectivity index (χ4v) is 2.08. The Hall–Kier alpha value is -2.76. The van der Waals surface area contributed by atoms with Gasteiger partial charge < -0.3 is 19.4 Å². The molecule has 0 unspecified atom stereocenters. The second kappa shape index (κ2) is 8.19. The van der Waals surface area contributed by atoms with Crippen molar-refractivity contribution < 1.29 is 18.7 Å². The van der Waals surface area contributed by atoms with Crippen LogP contribution >= 0.6 is 0 Å². The predicted molar refractivity (Wildman–Crippen MR) is 89.7 cm³/mol. The molecule has 0 spiro atoms. The molecule has 0 aliphatic heterocycles. The minimum Gasteiger partial charge on any atom is -0.486 e. The van der Waals surface area contributed by atoms with Gasteiger partial charge in [0.1, 0.15) is 18.1 Å². The molecule has 0 bridgehead atoms. The summed E-state index contributed by atoms with van der Waals surface area (Å²) in [5.41, 5.74) is 0. The first-order chi connectivity index (χ1) is 11.5. The zero-order chi connectivity index (χ0) is 17.5. The van der Waals surface area contributed by atoms with Crippen molar-refractivity contribution in [3.05, 3.63) is 54.0 Å². The van der Waals surface area contributed by atoms with Crippen LogP contribution in [0.3, 0.4) is 0 Å². The summed E-state index contributed by atoms with van der Waals surface area (Å²) in [6.45, 7) is 3.94. The lowest BCUT2D eigenvalue weighted by Gasteiger charge is -2.16. The molecule has 1 heterocycles. The molecule has 0 aliphatic carbocycles. The van der Waals surface area contributed by atoms with Gasteiger partial charge in [-0.3, -0.25) is 9.59 Å². The molecule has 1 N–H and O–H groups in total. The highest BCUT2D eigenvalue weighted by Crippen LogP contribution is 2.14. The van der Waals surface area contributed by atoms with Gasteiger partial charge in [-0.15, -0.1) is 0 Å². The van der Waals surface area contributed by atoms with Crippen molar-refractivity contribution >= 4 is 11.8 Å². The van der Waals surface area contributed by atoms with E-state index in [-0.39, 0.29) is 36.8 Å². The van der Waals surface area contributed by atoms with E-state index in [2.05, 4.69) is 5.32 Å². The summed E-state index contributed by atoms with van der Waals surface area (Å²) in [5.74, 6) is 0.896. The van der Waals surface area contributed by atoms with Crippen LogP contribution in [0.15, 0.2) is 46.9 Å². The molecule has 2 rings (SSSR count). The number of benzene rings is 1. The van der Waals surface area contributed by atoms with Gasteiger partial charge in [0.05, 0.1) is 6.54 Å². The number of hydrogen-bond donors (Lipinski definition) is 1. The standard InChI is InChI=1S/C18H22N2O4/c1-13(2)19-17(21)11-20(3)18(22)16-10-9-15(24-16)12-23-14-7-5-4-6-8-14/h4-10,13H,11-12H2,1-3H3,(H,19,21). The van der Waals surface area contributed by atoms with Crippen LogP contribution in [0.25, 0.3) is 0 Å². The molecule has 0 atom stereocenters. The van der Waals surface area contributed by atoms with Crippen LogP contribution in [0.2, 0.25) is 0 Å². The van der Waals surface area contributed by atoms with Crippen LogP contribution in [-0.2, 0) is 11.4 Å². The van der Waals surface area contributed by atoms with Crippen molar-refractivity contribution in [3.8, 4) is 5.75 Å². The van der Waals surface area contributed by atoms with E-state index in [9.17, 15) is 9.59 Å². The first-order valence-corrected chi connectivity index (χ1v) is 7.77. The highest BCUT2D eigenvalue weighted by atomic mass is 16.5. The Labute approximate surface area is 141 Å². The van der Waals surface area contributed by atoms with E-state index in [4.69, 9.17) is 9.15 Å². The summed E-state index contributed by atoms with van der Waals surface area (Å²) in [7, 11) is 1.56. The van der Waals surface area contributed by atoms with E-state index in [0.717, 1.165) is 5.75 Å². The Morgan fingerprint density at radius 3 is 2.54 bits per heavy atom. The third-order valence-corrected chi connectivity index (χ3v) is 3.17. The van der Waals surface area contributed by atoms with E-state index in [0.29, 0.717) is 5.76 Å². The van der Waals surface area contributed by atoms with Gasteiger partial charge in [0.15, 0.2) is 5.76 Å². The Balaban J connectivity index is 1.89. The van der Waals surface area contributed by atoms with Gasteiger partial charge in [-0.1, -0.05) is 18.2 Å². The van der Waals surface area contributed by atoms with Gasteiger partial charge in [0.25, 0.3) is 5.91 Å². The van der Waals surface area contributed by atoms with E-state index in [1.807, 2.05) is 44.2 Å². The average Bonchev–Trinajstić information content (AvgIpc) is 3.01. The second-order valence-corrected chi connectivity index (χ2v) is 5.75. The largest absolute Gasteiger partial charge is 0.486 e. The molecule has 24 heavy (non-hydrogen) atoms. The van der Waals surface area contributed by atoms with Gasteiger partial charge >= 0.3 is 0 Å².